The van der Waals surface area contributed by atoms with E-state index in [1.54, 1.807) is 27.8 Å². The van der Waals surface area contributed by atoms with Crippen molar-refractivity contribution in [3.05, 3.63) is 29.3 Å². The second-order valence-electron chi connectivity index (χ2n) is 7.38. The summed E-state index contributed by atoms with van der Waals surface area (Å²) in [6, 6.07) is 3.88. The first-order chi connectivity index (χ1) is 13.9. The molecule has 10 nitrogen and oxygen atoms in total. The fourth-order valence-corrected chi connectivity index (χ4v) is 2.15. The van der Waals surface area contributed by atoms with Gasteiger partial charge >= 0.3 is 24.1 Å². The average molecular weight is 424 g/mol. The monoisotopic (exact) mass is 424 g/mol. The Kier molecular flexibility index (Phi) is 8.63. The molecule has 0 N–H and O–H groups in total. The molecule has 0 spiro atoms. The van der Waals surface area contributed by atoms with Gasteiger partial charge in [0.2, 0.25) is 0 Å². The van der Waals surface area contributed by atoms with Crippen molar-refractivity contribution in [2.75, 3.05) is 41.4 Å². The lowest BCUT2D eigenvalue weighted by Gasteiger charge is -2.26. The zero-order chi connectivity index (χ0) is 23.1. The number of nitrogens with zero attached hydrogens (tertiary/aromatic N) is 2. The SMILES string of the molecule is COC(=O)c1ccc(OC(=O)N(C)CCN(C)C(=O)OC(C)(C)C)cc1C(=O)OC. The third-order valence-electron chi connectivity index (χ3n) is 3.79. The number of amides is 2. The summed E-state index contributed by atoms with van der Waals surface area (Å²) < 4.78 is 19.8. The summed E-state index contributed by atoms with van der Waals surface area (Å²) in [6.45, 7) is 5.68. The van der Waals surface area contributed by atoms with Crippen LogP contribution in [-0.4, -0.2) is 80.9 Å². The van der Waals surface area contributed by atoms with Gasteiger partial charge in [-0.3, -0.25) is 0 Å². The van der Waals surface area contributed by atoms with Crippen LogP contribution in [0, 0.1) is 0 Å². The Balaban J connectivity index is 2.78. The fourth-order valence-electron chi connectivity index (χ4n) is 2.15. The predicted octanol–water partition coefficient (Wildman–Crippen LogP) is 2.56. The maximum Gasteiger partial charge on any atom is 0.415 e. The summed E-state index contributed by atoms with van der Waals surface area (Å²) in [4.78, 5) is 50.6. The van der Waals surface area contributed by atoms with Gasteiger partial charge in [-0.1, -0.05) is 0 Å². The van der Waals surface area contributed by atoms with Gasteiger partial charge in [-0.25, -0.2) is 19.2 Å². The minimum atomic E-state index is -0.777. The van der Waals surface area contributed by atoms with Crippen molar-refractivity contribution in [2.24, 2.45) is 0 Å². The number of carbonyl (C=O) groups excluding carboxylic acids is 4. The molecule has 0 atom stereocenters. The molecule has 0 aliphatic rings. The Hall–Kier alpha value is -3.30. The van der Waals surface area contributed by atoms with Crippen molar-refractivity contribution < 1.29 is 38.1 Å². The van der Waals surface area contributed by atoms with Crippen LogP contribution in [0.3, 0.4) is 0 Å². The number of hydrogen-bond donors (Lipinski definition) is 0. The van der Waals surface area contributed by atoms with Crippen molar-refractivity contribution in [2.45, 2.75) is 26.4 Å². The molecule has 0 fully saturated rings. The Bertz CT molecular complexity index is 800. The second kappa shape index (κ2) is 10.5. The lowest BCUT2D eigenvalue weighted by atomic mass is 10.1. The maximum absolute atomic E-state index is 12.3. The van der Waals surface area contributed by atoms with E-state index in [2.05, 4.69) is 9.47 Å². The van der Waals surface area contributed by atoms with Gasteiger partial charge in [-0.15, -0.1) is 0 Å². The quantitative estimate of drug-likeness (QED) is 0.506. The molecule has 2 amide bonds. The molecule has 30 heavy (non-hydrogen) atoms. The lowest BCUT2D eigenvalue weighted by Crippen LogP contribution is -2.40. The Morgan fingerprint density at radius 1 is 0.833 bits per heavy atom. The molecule has 0 unspecified atom stereocenters. The van der Waals surface area contributed by atoms with Crippen LogP contribution in [0.2, 0.25) is 0 Å². The van der Waals surface area contributed by atoms with Crippen molar-refractivity contribution in [3.63, 3.8) is 0 Å². The van der Waals surface area contributed by atoms with E-state index in [4.69, 9.17) is 9.47 Å². The minimum absolute atomic E-state index is 0.0171. The van der Waals surface area contributed by atoms with E-state index in [9.17, 15) is 19.2 Å². The van der Waals surface area contributed by atoms with Gasteiger partial charge in [-0.2, -0.15) is 0 Å². The summed E-state index contributed by atoms with van der Waals surface area (Å²) >= 11 is 0. The van der Waals surface area contributed by atoms with Gasteiger partial charge in [0.1, 0.15) is 11.4 Å². The van der Waals surface area contributed by atoms with Crippen molar-refractivity contribution in [1.29, 1.82) is 0 Å². The summed E-state index contributed by atoms with van der Waals surface area (Å²) in [6.07, 6.45) is -1.22. The first-order valence-corrected chi connectivity index (χ1v) is 9.07. The molecule has 0 heterocycles. The third kappa shape index (κ3) is 7.26. The Labute approximate surface area is 175 Å². The number of carbonyl (C=O) groups is 4. The molecule has 10 heteroatoms. The standard InChI is InChI=1S/C20H28N2O8/c1-20(2,3)30-19(26)22(5)11-10-21(4)18(25)29-13-8-9-14(16(23)27-6)15(12-13)17(24)28-7/h8-9,12H,10-11H2,1-7H3. The molecule has 1 rings (SSSR count). The highest BCUT2D eigenvalue weighted by molar-refractivity contribution is 6.03. The number of rotatable bonds is 6. The highest BCUT2D eigenvalue weighted by Gasteiger charge is 2.22. The van der Waals surface area contributed by atoms with Crippen LogP contribution in [-0.2, 0) is 14.2 Å². The number of methoxy groups -OCH3 is 2. The number of benzene rings is 1. The van der Waals surface area contributed by atoms with Crippen molar-refractivity contribution in [3.8, 4) is 5.75 Å². The zero-order valence-electron chi connectivity index (χ0n) is 18.3. The molecule has 1 aromatic carbocycles. The van der Waals surface area contributed by atoms with E-state index in [1.165, 1.54) is 42.2 Å². The van der Waals surface area contributed by atoms with Crippen LogP contribution < -0.4 is 4.74 Å². The first-order valence-electron chi connectivity index (χ1n) is 9.07. The van der Waals surface area contributed by atoms with Gasteiger partial charge in [0.25, 0.3) is 0 Å². The van der Waals surface area contributed by atoms with Crippen LogP contribution in [0.4, 0.5) is 9.59 Å². The topological polar surface area (TPSA) is 112 Å². The molecule has 0 aromatic heterocycles. The fraction of sp³-hybridized carbons (Fsp3) is 0.500. The van der Waals surface area contributed by atoms with Gasteiger partial charge in [0, 0.05) is 27.2 Å². The van der Waals surface area contributed by atoms with Crippen LogP contribution >= 0.6 is 0 Å². The zero-order valence-corrected chi connectivity index (χ0v) is 18.3. The molecule has 1 aromatic rings. The van der Waals surface area contributed by atoms with Gasteiger partial charge in [0.05, 0.1) is 25.3 Å². The van der Waals surface area contributed by atoms with Gasteiger partial charge in [-0.05, 0) is 39.0 Å². The molecule has 0 radical (unpaired) electrons. The number of ether oxygens (including phenoxy) is 4. The second-order valence-corrected chi connectivity index (χ2v) is 7.38. The first kappa shape index (κ1) is 24.7. The predicted molar refractivity (Wildman–Crippen MR) is 107 cm³/mol. The number of likely N-dealkylation sites (N-methyl/N-ethyl adjacent to an activating group) is 2. The van der Waals surface area contributed by atoms with E-state index >= 15 is 0 Å². The molecule has 0 saturated carbocycles. The Morgan fingerprint density at radius 2 is 1.33 bits per heavy atom. The smallest absolute Gasteiger partial charge is 0.415 e. The summed E-state index contributed by atoms with van der Waals surface area (Å²) in [5.41, 5.74) is -0.734. The van der Waals surface area contributed by atoms with E-state index in [-0.39, 0.29) is 30.0 Å². The van der Waals surface area contributed by atoms with E-state index in [1.807, 2.05) is 0 Å². The minimum Gasteiger partial charge on any atom is -0.465 e. The van der Waals surface area contributed by atoms with Crippen LogP contribution in [0.25, 0.3) is 0 Å². The van der Waals surface area contributed by atoms with Crippen LogP contribution in [0.1, 0.15) is 41.5 Å². The normalized spacial score (nSPS) is 10.6. The third-order valence-corrected chi connectivity index (χ3v) is 3.79. The number of hydrogen-bond acceptors (Lipinski definition) is 8. The van der Waals surface area contributed by atoms with E-state index in [0.717, 1.165) is 7.11 Å². The molecule has 0 aliphatic carbocycles. The average Bonchev–Trinajstić information content (AvgIpc) is 2.68. The van der Waals surface area contributed by atoms with E-state index in [0.29, 0.717) is 0 Å². The maximum atomic E-state index is 12.3. The van der Waals surface area contributed by atoms with Crippen LogP contribution in [0.5, 0.6) is 5.75 Å². The molecule has 0 saturated heterocycles. The highest BCUT2D eigenvalue weighted by Crippen LogP contribution is 2.20. The largest absolute Gasteiger partial charge is 0.465 e. The Morgan fingerprint density at radius 3 is 1.83 bits per heavy atom. The molecular weight excluding hydrogens is 396 g/mol. The summed E-state index contributed by atoms with van der Waals surface area (Å²) in [7, 11) is 5.40. The molecular formula is C20H28N2O8. The number of esters is 2. The summed E-state index contributed by atoms with van der Waals surface area (Å²) in [5.74, 6) is -1.46. The molecule has 0 aliphatic heterocycles. The van der Waals surface area contributed by atoms with Gasteiger partial charge < -0.3 is 28.7 Å². The van der Waals surface area contributed by atoms with Crippen molar-refractivity contribution >= 4 is 24.1 Å². The molecule has 166 valence electrons. The van der Waals surface area contributed by atoms with E-state index < -0.39 is 29.7 Å². The lowest BCUT2D eigenvalue weighted by molar-refractivity contribution is 0.0287. The van der Waals surface area contributed by atoms with Crippen LogP contribution in [0.15, 0.2) is 18.2 Å². The van der Waals surface area contributed by atoms with Gasteiger partial charge in [0.15, 0.2) is 0 Å². The highest BCUT2D eigenvalue weighted by atomic mass is 16.6. The summed E-state index contributed by atoms with van der Waals surface area (Å²) in [5, 5.41) is 0. The molecule has 0 bridgehead atoms. The van der Waals surface area contributed by atoms with Crippen molar-refractivity contribution in [1.82, 2.24) is 9.80 Å².